The Morgan fingerprint density at radius 2 is 1.85 bits per heavy atom. The van der Waals surface area contributed by atoms with Gasteiger partial charge in [0.05, 0.1) is 10.6 Å². The predicted octanol–water partition coefficient (Wildman–Crippen LogP) is 1.92. The molecule has 0 N–H and O–H groups in total. The smallest absolute Gasteiger partial charge is 0.352 e. The third-order valence-corrected chi connectivity index (χ3v) is 6.95. The van der Waals surface area contributed by atoms with Crippen molar-refractivity contribution in [3.05, 3.63) is 40.4 Å². The van der Waals surface area contributed by atoms with E-state index in [1.807, 2.05) is 6.92 Å². The highest BCUT2D eigenvalue weighted by molar-refractivity contribution is 7.89. The fourth-order valence-electron chi connectivity index (χ4n) is 2.77. The number of nitrogens with zero attached hydrogens (tertiary/aromatic N) is 3. The molecule has 1 aromatic heterocycles. The summed E-state index contributed by atoms with van der Waals surface area (Å²) < 4.78 is 35.2. The number of carbonyl (C=O) groups is 2. The maximum Gasteiger partial charge on any atom is 0.352 e. The number of benzene rings is 1. The van der Waals surface area contributed by atoms with Gasteiger partial charge in [-0.2, -0.15) is 4.31 Å². The summed E-state index contributed by atoms with van der Waals surface area (Å²) in [6, 6.07) is 5.69. The maximum atomic E-state index is 12.5. The van der Waals surface area contributed by atoms with Crippen LogP contribution in [0.15, 0.2) is 29.2 Å². The first kappa shape index (κ1) is 19.6. The van der Waals surface area contributed by atoms with Crippen LogP contribution in [0.3, 0.4) is 0 Å². The molecule has 1 aliphatic rings. The van der Waals surface area contributed by atoms with E-state index in [1.54, 1.807) is 0 Å². The molecule has 0 amide bonds. The summed E-state index contributed by atoms with van der Waals surface area (Å²) in [5.74, 6) is -1.05. The lowest BCUT2D eigenvalue weighted by Gasteiger charge is -2.15. The molecule has 0 aliphatic carbocycles. The lowest BCUT2D eigenvalue weighted by molar-refractivity contribution is 0.0478. The highest BCUT2D eigenvalue weighted by Crippen LogP contribution is 2.21. The Balaban J connectivity index is 1.63. The van der Waals surface area contributed by atoms with E-state index in [9.17, 15) is 18.0 Å². The summed E-state index contributed by atoms with van der Waals surface area (Å²) in [5, 5.41) is 3.83. The Labute approximate surface area is 161 Å². The molecular formula is C17H19N3O5S2. The molecule has 2 heterocycles. The van der Waals surface area contributed by atoms with Gasteiger partial charge in [-0.15, -0.1) is 5.10 Å². The van der Waals surface area contributed by atoms with Gasteiger partial charge in [0.25, 0.3) is 0 Å². The van der Waals surface area contributed by atoms with Crippen molar-refractivity contribution in [1.82, 2.24) is 13.9 Å². The van der Waals surface area contributed by atoms with Crippen LogP contribution >= 0.6 is 11.5 Å². The number of ether oxygens (including phenoxy) is 1. The van der Waals surface area contributed by atoms with Gasteiger partial charge in [-0.1, -0.05) is 11.4 Å². The van der Waals surface area contributed by atoms with Crippen LogP contribution in [0, 0.1) is 0 Å². The second-order valence-corrected chi connectivity index (χ2v) is 8.73. The second kappa shape index (κ2) is 8.24. The van der Waals surface area contributed by atoms with E-state index in [-0.39, 0.29) is 15.3 Å². The molecule has 8 nitrogen and oxygen atoms in total. The highest BCUT2D eigenvalue weighted by Gasteiger charge is 2.27. The SMILES string of the molecule is CCc1nnsc1C(=O)OCC(=O)c1ccc(S(=O)(=O)N2CCCC2)cc1. The quantitative estimate of drug-likeness (QED) is 0.508. The molecule has 0 unspecified atom stereocenters. The van der Waals surface area contributed by atoms with Crippen LogP contribution < -0.4 is 0 Å². The molecule has 27 heavy (non-hydrogen) atoms. The number of esters is 1. The zero-order chi connectivity index (χ0) is 19.4. The van der Waals surface area contributed by atoms with Crippen molar-refractivity contribution in [2.75, 3.05) is 19.7 Å². The standard InChI is InChI=1S/C17H19N3O5S2/c1-2-14-16(26-19-18-14)17(22)25-11-15(21)12-5-7-13(8-6-12)27(23,24)20-9-3-4-10-20/h5-8H,2-4,9-11H2,1H3. The van der Waals surface area contributed by atoms with E-state index >= 15 is 0 Å². The molecule has 144 valence electrons. The lowest BCUT2D eigenvalue weighted by atomic mass is 10.1. The van der Waals surface area contributed by atoms with Crippen molar-refractivity contribution < 1.29 is 22.7 Å². The zero-order valence-electron chi connectivity index (χ0n) is 14.8. The average Bonchev–Trinajstić information content (AvgIpc) is 3.37. The summed E-state index contributed by atoms with van der Waals surface area (Å²) in [4.78, 5) is 24.7. The van der Waals surface area contributed by atoms with Crippen molar-refractivity contribution in [3.8, 4) is 0 Å². The minimum absolute atomic E-state index is 0.154. The molecule has 0 bridgehead atoms. The molecule has 1 saturated heterocycles. The molecule has 3 rings (SSSR count). The van der Waals surface area contributed by atoms with E-state index in [0.717, 1.165) is 24.4 Å². The largest absolute Gasteiger partial charge is 0.453 e. The molecule has 0 spiro atoms. The number of sulfonamides is 1. The van der Waals surface area contributed by atoms with Crippen molar-refractivity contribution in [2.45, 2.75) is 31.1 Å². The van der Waals surface area contributed by atoms with Crippen molar-refractivity contribution in [1.29, 1.82) is 0 Å². The summed E-state index contributed by atoms with van der Waals surface area (Å²) in [5.41, 5.74) is 0.815. The summed E-state index contributed by atoms with van der Waals surface area (Å²) in [7, 11) is -3.52. The van der Waals surface area contributed by atoms with Gasteiger partial charge in [0.1, 0.15) is 0 Å². The van der Waals surface area contributed by atoms with E-state index in [4.69, 9.17) is 4.74 Å². The first-order chi connectivity index (χ1) is 12.9. The van der Waals surface area contributed by atoms with Crippen molar-refractivity contribution in [2.24, 2.45) is 0 Å². The number of Topliss-reactive ketones (excluding diaryl/α,β-unsaturated/α-hetero) is 1. The van der Waals surface area contributed by atoms with E-state index in [0.29, 0.717) is 25.2 Å². The third-order valence-electron chi connectivity index (χ3n) is 4.29. The number of hydrogen-bond donors (Lipinski definition) is 0. The molecule has 0 radical (unpaired) electrons. The number of ketones is 1. The van der Waals surface area contributed by atoms with Crippen molar-refractivity contribution in [3.63, 3.8) is 0 Å². The van der Waals surface area contributed by atoms with Crippen LogP contribution in [-0.4, -0.2) is 53.8 Å². The van der Waals surface area contributed by atoms with Gasteiger partial charge in [0, 0.05) is 18.7 Å². The third kappa shape index (κ3) is 4.23. The topological polar surface area (TPSA) is 107 Å². The number of hydrogen-bond acceptors (Lipinski definition) is 8. The van der Waals surface area contributed by atoms with Gasteiger partial charge in [-0.3, -0.25) is 4.79 Å². The first-order valence-electron chi connectivity index (χ1n) is 8.55. The van der Waals surface area contributed by atoms with E-state index in [2.05, 4.69) is 9.59 Å². The monoisotopic (exact) mass is 409 g/mol. The normalized spacial score (nSPS) is 15.0. The molecule has 0 atom stereocenters. The van der Waals surface area contributed by atoms with Gasteiger partial charge in [0.15, 0.2) is 17.3 Å². The second-order valence-electron chi connectivity index (χ2n) is 6.04. The Morgan fingerprint density at radius 1 is 1.19 bits per heavy atom. The molecule has 0 saturated carbocycles. The number of carbonyl (C=O) groups excluding carboxylic acids is 2. The van der Waals surface area contributed by atoms with Gasteiger partial charge < -0.3 is 4.74 Å². The first-order valence-corrected chi connectivity index (χ1v) is 10.8. The molecule has 1 fully saturated rings. The van der Waals surface area contributed by atoms with E-state index < -0.39 is 28.4 Å². The molecule has 2 aromatic rings. The highest BCUT2D eigenvalue weighted by atomic mass is 32.2. The van der Waals surface area contributed by atoms with Crippen LogP contribution in [0.4, 0.5) is 0 Å². The fourth-order valence-corrected chi connectivity index (χ4v) is 4.93. The average molecular weight is 409 g/mol. The number of aromatic nitrogens is 2. The fraction of sp³-hybridized carbons (Fsp3) is 0.412. The number of aryl methyl sites for hydroxylation is 1. The van der Waals surface area contributed by atoms with Crippen LogP contribution in [0.5, 0.6) is 0 Å². The lowest BCUT2D eigenvalue weighted by Crippen LogP contribution is -2.27. The molecule has 1 aliphatic heterocycles. The number of rotatable bonds is 7. The van der Waals surface area contributed by atoms with Gasteiger partial charge in [-0.05, 0) is 55.1 Å². The summed E-state index contributed by atoms with van der Waals surface area (Å²) >= 11 is 0.928. The van der Waals surface area contributed by atoms with Crippen LogP contribution in [-0.2, 0) is 21.2 Å². The van der Waals surface area contributed by atoms with Crippen LogP contribution in [0.2, 0.25) is 0 Å². The van der Waals surface area contributed by atoms with Gasteiger partial charge >= 0.3 is 5.97 Å². The summed E-state index contributed by atoms with van der Waals surface area (Å²) in [6.45, 7) is 2.45. The Kier molecular flexibility index (Phi) is 5.98. The Bertz CT molecular complexity index is 932. The van der Waals surface area contributed by atoms with Gasteiger partial charge in [-0.25, -0.2) is 13.2 Å². The molecule has 10 heteroatoms. The molecule has 1 aromatic carbocycles. The van der Waals surface area contributed by atoms with Crippen LogP contribution in [0.1, 0.15) is 45.5 Å². The van der Waals surface area contributed by atoms with E-state index in [1.165, 1.54) is 28.6 Å². The minimum atomic E-state index is -3.52. The van der Waals surface area contributed by atoms with Gasteiger partial charge in [0.2, 0.25) is 10.0 Å². The summed E-state index contributed by atoms with van der Waals surface area (Å²) in [6.07, 6.45) is 2.26. The Morgan fingerprint density at radius 3 is 2.48 bits per heavy atom. The minimum Gasteiger partial charge on any atom is -0.453 e. The Hall–Kier alpha value is -2.17. The predicted molar refractivity (Wildman–Crippen MR) is 98.3 cm³/mol. The maximum absolute atomic E-state index is 12.5. The zero-order valence-corrected chi connectivity index (χ0v) is 16.4. The van der Waals surface area contributed by atoms with Crippen LogP contribution in [0.25, 0.3) is 0 Å². The molecular weight excluding hydrogens is 390 g/mol. The van der Waals surface area contributed by atoms with Crippen molar-refractivity contribution >= 4 is 33.3 Å².